The van der Waals surface area contributed by atoms with Gasteiger partial charge in [-0.25, -0.2) is 9.18 Å². The van der Waals surface area contributed by atoms with Crippen LogP contribution in [0.5, 0.6) is 0 Å². The number of benzene rings is 3. The Morgan fingerprint density at radius 3 is 2.30 bits per heavy atom. The second-order valence-corrected chi connectivity index (χ2v) is 7.43. The quantitative estimate of drug-likeness (QED) is 0.370. The number of esters is 1. The van der Waals surface area contributed by atoms with Gasteiger partial charge < -0.3 is 14.6 Å². The summed E-state index contributed by atoms with van der Waals surface area (Å²) in [7, 11) is 0. The van der Waals surface area contributed by atoms with Gasteiger partial charge in [-0.1, -0.05) is 60.7 Å². The van der Waals surface area contributed by atoms with Crippen molar-refractivity contribution in [1.82, 2.24) is 4.57 Å². The van der Waals surface area contributed by atoms with Gasteiger partial charge in [0.25, 0.3) is 5.91 Å². The number of carbonyl (C=O) groups excluding carboxylic acids is 2. The zero-order valence-corrected chi connectivity index (χ0v) is 18.1. The maximum atomic E-state index is 14.1. The van der Waals surface area contributed by atoms with Crippen molar-refractivity contribution >= 4 is 17.6 Å². The Kier molecular flexibility index (Phi) is 6.64. The van der Waals surface area contributed by atoms with Crippen molar-refractivity contribution in [3.63, 3.8) is 0 Å². The molecule has 33 heavy (non-hydrogen) atoms. The molecule has 6 heteroatoms. The van der Waals surface area contributed by atoms with Crippen molar-refractivity contribution in [3.05, 3.63) is 114 Å². The van der Waals surface area contributed by atoms with Gasteiger partial charge in [-0.2, -0.15) is 0 Å². The van der Waals surface area contributed by atoms with Crippen LogP contribution in [0.1, 0.15) is 33.3 Å². The minimum absolute atomic E-state index is 0.177. The second-order valence-electron chi connectivity index (χ2n) is 7.43. The highest BCUT2D eigenvalue weighted by Gasteiger charge is 2.26. The van der Waals surface area contributed by atoms with Crippen LogP contribution in [0.15, 0.2) is 91.1 Å². The van der Waals surface area contributed by atoms with E-state index in [1.807, 2.05) is 36.4 Å². The van der Waals surface area contributed by atoms with E-state index in [4.69, 9.17) is 4.74 Å². The van der Waals surface area contributed by atoms with Crippen molar-refractivity contribution in [2.75, 3.05) is 11.9 Å². The lowest BCUT2D eigenvalue weighted by molar-refractivity contribution is 0.0515. The first-order valence-electron chi connectivity index (χ1n) is 10.6. The smallest absolute Gasteiger partial charge is 0.357 e. The van der Waals surface area contributed by atoms with E-state index in [1.165, 1.54) is 12.1 Å². The number of nitrogens with zero attached hydrogens (tertiary/aromatic N) is 1. The van der Waals surface area contributed by atoms with E-state index in [0.717, 1.165) is 5.56 Å². The molecule has 0 aliphatic heterocycles. The fraction of sp³-hybridized carbons (Fsp3) is 0.111. The minimum Gasteiger partial charge on any atom is -0.461 e. The fourth-order valence-electron chi connectivity index (χ4n) is 3.66. The highest BCUT2D eigenvalue weighted by molar-refractivity contribution is 6.10. The number of hydrogen-bond acceptors (Lipinski definition) is 3. The number of aromatic nitrogens is 1. The molecule has 1 N–H and O–H groups in total. The Morgan fingerprint density at radius 1 is 0.939 bits per heavy atom. The Balaban J connectivity index is 1.87. The molecule has 4 aromatic rings. The molecule has 0 radical (unpaired) electrons. The first-order valence-corrected chi connectivity index (χ1v) is 10.6. The number of anilines is 1. The van der Waals surface area contributed by atoms with Crippen LogP contribution in [0.2, 0.25) is 0 Å². The molecule has 0 bridgehead atoms. The molecule has 0 atom stereocenters. The molecule has 0 saturated carbocycles. The summed E-state index contributed by atoms with van der Waals surface area (Å²) in [5.74, 6) is -1.36. The normalized spacial score (nSPS) is 10.6. The predicted octanol–water partition coefficient (Wildman–Crippen LogP) is 5.77. The fourth-order valence-corrected chi connectivity index (χ4v) is 3.66. The molecule has 1 heterocycles. The molecule has 0 aliphatic carbocycles. The summed E-state index contributed by atoms with van der Waals surface area (Å²) >= 11 is 0. The molecule has 0 unspecified atom stereocenters. The zero-order chi connectivity index (χ0) is 23.2. The third-order valence-corrected chi connectivity index (χ3v) is 5.15. The number of nitrogens with one attached hydrogen (secondary N) is 1. The maximum Gasteiger partial charge on any atom is 0.357 e. The molecule has 1 aromatic heterocycles. The summed E-state index contributed by atoms with van der Waals surface area (Å²) in [4.78, 5) is 26.1. The molecule has 4 rings (SSSR count). The van der Waals surface area contributed by atoms with Crippen molar-refractivity contribution in [2.45, 2.75) is 13.5 Å². The van der Waals surface area contributed by atoms with Gasteiger partial charge in [-0.3, -0.25) is 4.79 Å². The molecule has 1 amide bonds. The molecule has 0 saturated heterocycles. The van der Waals surface area contributed by atoms with Crippen molar-refractivity contribution in [2.24, 2.45) is 0 Å². The number of carbonyl (C=O) groups is 2. The largest absolute Gasteiger partial charge is 0.461 e. The molecular weight excluding hydrogens is 419 g/mol. The summed E-state index contributed by atoms with van der Waals surface area (Å²) in [5.41, 5.74) is 2.94. The lowest BCUT2D eigenvalue weighted by Crippen LogP contribution is -2.18. The van der Waals surface area contributed by atoms with Gasteiger partial charge in [0.2, 0.25) is 0 Å². The van der Waals surface area contributed by atoms with Crippen LogP contribution >= 0.6 is 0 Å². The number of rotatable bonds is 7. The minimum atomic E-state index is -0.570. The van der Waals surface area contributed by atoms with Gasteiger partial charge in [0.15, 0.2) is 5.69 Å². The molecule has 0 aliphatic rings. The van der Waals surface area contributed by atoms with E-state index in [-0.39, 0.29) is 23.9 Å². The Bertz CT molecular complexity index is 1270. The first kappa shape index (κ1) is 22.0. The number of halogens is 1. The number of amides is 1. The van der Waals surface area contributed by atoms with Crippen LogP contribution in [0.25, 0.3) is 11.1 Å². The number of ether oxygens (including phenoxy) is 1. The standard InChI is InChI=1S/C27H23FN2O3/c1-2-33-27(32)25-24(29-26(31)20-12-7-4-8-13-20)23(21-14-9-15-22(28)16-21)18-30(25)17-19-10-5-3-6-11-19/h3-16,18H,2,17H2,1H3,(H,29,31). The van der Waals surface area contributed by atoms with Crippen LogP contribution in [0.3, 0.4) is 0 Å². The van der Waals surface area contributed by atoms with E-state index in [1.54, 1.807) is 54.1 Å². The highest BCUT2D eigenvalue weighted by Crippen LogP contribution is 2.35. The first-order chi connectivity index (χ1) is 16.1. The van der Waals surface area contributed by atoms with Gasteiger partial charge in [-0.05, 0) is 42.3 Å². The SMILES string of the molecule is CCOC(=O)c1c(NC(=O)c2ccccc2)c(-c2cccc(F)c2)cn1Cc1ccccc1. The Hall–Kier alpha value is -4.19. The van der Waals surface area contributed by atoms with Gasteiger partial charge in [0.05, 0.1) is 12.3 Å². The van der Waals surface area contributed by atoms with Gasteiger partial charge in [0.1, 0.15) is 5.82 Å². The second kappa shape index (κ2) is 9.96. The molecule has 0 fully saturated rings. The summed E-state index contributed by atoms with van der Waals surface area (Å²) in [6.45, 7) is 2.27. The zero-order valence-electron chi connectivity index (χ0n) is 18.1. The molecule has 5 nitrogen and oxygen atoms in total. The van der Waals surface area contributed by atoms with Crippen LogP contribution in [-0.2, 0) is 11.3 Å². The molecular formula is C27H23FN2O3. The van der Waals surface area contributed by atoms with Gasteiger partial charge in [-0.15, -0.1) is 0 Å². The summed E-state index contributed by atoms with van der Waals surface area (Å²) < 4.78 is 21.1. The summed E-state index contributed by atoms with van der Waals surface area (Å²) in [6, 6.07) is 24.4. The summed E-state index contributed by atoms with van der Waals surface area (Å²) in [6.07, 6.45) is 1.74. The van der Waals surface area contributed by atoms with E-state index in [0.29, 0.717) is 23.2 Å². The van der Waals surface area contributed by atoms with E-state index < -0.39 is 11.8 Å². The molecule has 3 aromatic carbocycles. The highest BCUT2D eigenvalue weighted by atomic mass is 19.1. The number of hydrogen-bond donors (Lipinski definition) is 1. The predicted molar refractivity (Wildman–Crippen MR) is 126 cm³/mol. The van der Waals surface area contributed by atoms with E-state index >= 15 is 0 Å². The maximum absolute atomic E-state index is 14.1. The van der Waals surface area contributed by atoms with Crippen LogP contribution in [0.4, 0.5) is 10.1 Å². The van der Waals surface area contributed by atoms with Crippen molar-refractivity contribution < 1.29 is 18.7 Å². The van der Waals surface area contributed by atoms with Gasteiger partial charge >= 0.3 is 5.97 Å². The molecule has 166 valence electrons. The van der Waals surface area contributed by atoms with Crippen LogP contribution < -0.4 is 5.32 Å². The van der Waals surface area contributed by atoms with Crippen molar-refractivity contribution in [3.8, 4) is 11.1 Å². The average Bonchev–Trinajstić information content (AvgIpc) is 3.18. The lowest BCUT2D eigenvalue weighted by atomic mass is 10.1. The average molecular weight is 442 g/mol. The third-order valence-electron chi connectivity index (χ3n) is 5.15. The van der Waals surface area contributed by atoms with Crippen LogP contribution in [0, 0.1) is 5.82 Å². The van der Waals surface area contributed by atoms with E-state index in [2.05, 4.69) is 5.32 Å². The lowest BCUT2D eigenvalue weighted by Gasteiger charge is -2.12. The third kappa shape index (κ3) is 5.01. The summed E-state index contributed by atoms with van der Waals surface area (Å²) in [5, 5.41) is 2.88. The van der Waals surface area contributed by atoms with Crippen LogP contribution in [-0.4, -0.2) is 23.1 Å². The van der Waals surface area contributed by atoms with Gasteiger partial charge in [0, 0.05) is 23.9 Å². The Morgan fingerprint density at radius 2 is 1.64 bits per heavy atom. The topological polar surface area (TPSA) is 60.3 Å². The molecule has 0 spiro atoms. The van der Waals surface area contributed by atoms with E-state index in [9.17, 15) is 14.0 Å². The Labute approximate surface area is 191 Å². The monoisotopic (exact) mass is 442 g/mol. The van der Waals surface area contributed by atoms with Crippen molar-refractivity contribution in [1.29, 1.82) is 0 Å².